The number of nitrogens with zero attached hydrogens (tertiary/aromatic N) is 4. The van der Waals surface area contributed by atoms with Gasteiger partial charge in [0.2, 0.25) is 0 Å². The van der Waals surface area contributed by atoms with Crippen molar-refractivity contribution in [2.45, 2.75) is 27.2 Å². The van der Waals surface area contributed by atoms with Gasteiger partial charge >= 0.3 is 0 Å². The first kappa shape index (κ1) is 22.9. The third-order valence-corrected chi connectivity index (χ3v) is 7.20. The van der Waals surface area contributed by atoms with Gasteiger partial charge in [0, 0.05) is 26.4 Å². The summed E-state index contributed by atoms with van der Waals surface area (Å²) in [5, 5.41) is 0. The van der Waals surface area contributed by atoms with Gasteiger partial charge in [-0.3, -0.25) is 18.9 Å². The number of amides is 1. The smallest absolute Gasteiger partial charge is 0.267 e. The number of pyridine rings is 1. The first-order chi connectivity index (χ1) is 15.3. The van der Waals surface area contributed by atoms with Crippen molar-refractivity contribution < 1.29 is 9.53 Å². The number of piperidine rings is 1. The summed E-state index contributed by atoms with van der Waals surface area (Å²) < 4.78 is 7.14. The summed E-state index contributed by atoms with van der Waals surface area (Å²) in [5.41, 5.74) is 1.82. The first-order valence-corrected chi connectivity index (χ1v) is 12.0. The van der Waals surface area contributed by atoms with Crippen molar-refractivity contribution >= 4 is 51.7 Å². The molecule has 2 unspecified atom stereocenters. The van der Waals surface area contributed by atoms with Gasteiger partial charge in [-0.15, -0.1) is 0 Å². The fourth-order valence-corrected chi connectivity index (χ4v) is 5.75. The Balaban J connectivity index is 1.84. The highest BCUT2D eigenvalue weighted by Gasteiger charge is 2.33. The maximum absolute atomic E-state index is 13.6. The molecule has 2 aliphatic heterocycles. The molecule has 0 radical (unpaired) electrons. The van der Waals surface area contributed by atoms with Crippen LogP contribution in [0, 0.1) is 18.8 Å². The van der Waals surface area contributed by atoms with Crippen LogP contribution in [0.25, 0.3) is 11.7 Å². The van der Waals surface area contributed by atoms with Crippen LogP contribution in [0.3, 0.4) is 0 Å². The van der Waals surface area contributed by atoms with Crippen molar-refractivity contribution in [3.8, 4) is 0 Å². The number of thioether (sulfide) groups is 1. The molecule has 4 rings (SSSR count). The van der Waals surface area contributed by atoms with Crippen molar-refractivity contribution in [2.75, 3.05) is 38.3 Å². The van der Waals surface area contributed by atoms with E-state index in [1.54, 1.807) is 23.8 Å². The predicted molar refractivity (Wildman–Crippen MR) is 133 cm³/mol. The molecule has 9 heteroatoms. The highest BCUT2D eigenvalue weighted by molar-refractivity contribution is 8.26. The zero-order chi connectivity index (χ0) is 23.0. The van der Waals surface area contributed by atoms with Crippen LogP contribution in [0.5, 0.6) is 0 Å². The van der Waals surface area contributed by atoms with E-state index in [4.69, 9.17) is 21.9 Å². The van der Waals surface area contributed by atoms with Crippen LogP contribution in [-0.2, 0) is 9.53 Å². The molecule has 170 valence electrons. The van der Waals surface area contributed by atoms with Gasteiger partial charge in [0.05, 0.1) is 23.6 Å². The SMILES string of the molecule is COCCN1C(=O)C(=Cc2c(N3CC(C)CC(C)C3)nc3ccc(C)cn3c2=O)SC1=S. The second-order valence-corrected chi connectivity index (χ2v) is 10.4. The topological polar surface area (TPSA) is 67.2 Å². The second-order valence-electron chi connectivity index (χ2n) is 8.77. The van der Waals surface area contributed by atoms with Gasteiger partial charge in [-0.2, -0.15) is 0 Å². The Morgan fingerprint density at radius 2 is 1.97 bits per heavy atom. The molecule has 4 heterocycles. The Bertz CT molecular complexity index is 1150. The lowest BCUT2D eigenvalue weighted by atomic mass is 9.91. The largest absolute Gasteiger partial charge is 0.383 e. The maximum atomic E-state index is 13.6. The van der Waals surface area contributed by atoms with E-state index in [9.17, 15) is 9.59 Å². The zero-order valence-corrected chi connectivity index (χ0v) is 20.5. The molecule has 2 atom stereocenters. The number of hydrogen-bond donors (Lipinski definition) is 0. The molecule has 7 nitrogen and oxygen atoms in total. The Kier molecular flexibility index (Phi) is 6.69. The molecule has 0 bridgehead atoms. The van der Waals surface area contributed by atoms with Gasteiger partial charge in [-0.1, -0.05) is 43.9 Å². The fraction of sp³-hybridized carbons (Fsp3) is 0.478. The van der Waals surface area contributed by atoms with Crippen LogP contribution < -0.4 is 10.5 Å². The summed E-state index contributed by atoms with van der Waals surface area (Å²) in [6, 6.07) is 3.82. The molecule has 0 aliphatic carbocycles. The van der Waals surface area contributed by atoms with E-state index in [0.717, 1.165) is 25.1 Å². The third kappa shape index (κ3) is 4.46. The average Bonchev–Trinajstić information content (AvgIpc) is 3.00. The quantitative estimate of drug-likeness (QED) is 0.488. The van der Waals surface area contributed by atoms with E-state index in [1.807, 2.05) is 19.1 Å². The number of fused-ring (bicyclic) bond motifs is 1. The molecular formula is C23H28N4O3S2. The zero-order valence-electron chi connectivity index (χ0n) is 18.8. The third-order valence-electron chi connectivity index (χ3n) is 5.82. The minimum Gasteiger partial charge on any atom is -0.383 e. The molecule has 2 aromatic heterocycles. The molecule has 2 saturated heterocycles. The summed E-state index contributed by atoms with van der Waals surface area (Å²) in [5.74, 6) is 1.44. The molecule has 2 aliphatic rings. The van der Waals surface area contributed by atoms with Crippen LogP contribution in [0.2, 0.25) is 0 Å². The summed E-state index contributed by atoms with van der Waals surface area (Å²) >= 11 is 6.62. The average molecular weight is 473 g/mol. The number of thiocarbonyl (C=S) groups is 1. The van der Waals surface area contributed by atoms with Crippen molar-refractivity contribution in [3.63, 3.8) is 0 Å². The fourth-order valence-electron chi connectivity index (χ4n) is 4.46. The van der Waals surface area contributed by atoms with Crippen LogP contribution in [0.1, 0.15) is 31.4 Å². The Labute approximate surface area is 197 Å². The van der Waals surface area contributed by atoms with E-state index < -0.39 is 0 Å². The Morgan fingerprint density at radius 3 is 2.66 bits per heavy atom. The number of ether oxygens (including phenoxy) is 1. The standard InChI is InChI=1S/C23H28N4O3S2/c1-14-5-6-19-24-20(25-11-15(2)9-16(3)12-25)17(21(28)27(19)13-14)10-18-22(29)26(7-8-30-4)23(31)32-18/h5-6,10,13,15-16H,7-9,11-12H2,1-4H3. The maximum Gasteiger partial charge on any atom is 0.267 e. The van der Waals surface area contributed by atoms with Crippen LogP contribution in [0.15, 0.2) is 28.0 Å². The van der Waals surface area contributed by atoms with E-state index in [1.165, 1.54) is 16.7 Å². The van der Waals surface area contributed by atoms with Gasteiger partial charge < -0.3 is 9.64 Å². The monoisotopic (exact) mass is 472 g/mol. The van der Waals surface area contributed by atoms with Crippen molar-refractivity contribution in [3.05, 3.63) is 44.7 Å². The van der Waals surface area contributed by atoms with Crippen molar-refractivity contribution in [1.29, 1.82) is 0 Å². The van der Waals surface area contributed by atoms with Crippen LogP contribution >= 0.6 is 24.0 Å². The lowest BCUT2D eigenvalue weighted by Gasteiger charge is -2.36. The summed E-state index contributed by atoms with van der Waals surface area (Å²) in [4.78, 5) is 35.6. The predicted octanol–water partition coefficient (Wildman–Crippen LogP) is 3.33. The van der Waals surface area contributed by atoms with E-state index >= 15 is 0 Å². The van der Waals surface area contributed by atoms with E-state index in [-0.39, 0.29) is 11.5 Å². The van der Waals surface area contributed by atoms with Gasteiger partial charge in [-0.05, 0) is 42.9 Å². The minimum absolute atomic E-state index is 0.179. The number of aromatic nitrogens is 2. The number of carbonyl (C=O) groups is 1. The molecule has 0 saturated carbocycles. The Hall–Kier alpha value is -2.23. The molecule has 0 spiro atoms. The summed E-state index contributed by atoms with van der Waals surface area (Å²) in [6.45, 7) is 8.83. The van der Waals surface area contributed by atoms with Gasteiger partial charge in [0.25, 0.3) is 11.5 Å². The molecule has 2 aromatic rings. The lowest BCUT2D eigenvalue weighted by Crippen LogP contribution is -2.40. The van der Waals surface area contributed by atoms with Gasteiger partial charge in [-0.25, -0.2) is 4.98 Å². The first-order valence-electron chi connectivity index (χ1n) is 10.8. The van der Waals surface area contributed by atoms with Crippen molar-refractivity contribution in [1.82, 2.24) is 14.3 Å². The number of hydrogen-bond acceptors (Lipinski definition) is 7. The van der Waals surface area contributed by atoms with Crippen molar-refractivity contribution in [2.24, 2.45) is 11.8 Å². The highest BCUT2D eigenvalue weighted by atomic mass is 32.2. The molecule has 0 aromatic carbocycles. The normalized spacial score (nSPS) is 23.1. The van der Waals surface area contributed by atoms with Gasteiger partial charge in [0.15, 0.2) is 0 Å². The van der Waals surface area contributed by atoms with Gasteiger partial charge in [0.1, 0.15) is 15.8 Å². The van der Waals surface area contributed by atoms with E-state index in [2.05, 4.69) is 18.7 Å². The number of carbonyl (C=O) groups excluding carboxylic acids is 1. The highest BCUT2D eigenvalue weighted by Crippen LogP contribution is 2.34. The summed E-state index contributed by atoms with van der Waals surface area (Å²) in [7, 11) is 1.59. The number of rotatable bonds is 5. The number of aryl methyl sites for hydroxylation is 1. The summed E-state index contributed by atoms with van der Waals surface area (Å²) in [6.07, 6.45) is 4.61. The lowest BCUT2D eigenvalue weighted by molar-refractivity contribution is -0.122. The Morgan fingerprint density at radius 1 is 1.25 bits per heavy atom. The minimum atomic E-state index is -0.197. The number of methoxy groups -OCH3 is 1. The molecule has 0 N–H and O–H groups in total. The van der Waals surface area contributed by atoms with Crippen LogP contribution in [-0.4, -0.2) is 57.9 Å². The van der Waals surface area contributed by atoms with Crippen LogP contribution in [0.4, 0.5) is 5.82 Å². The molecule has 2 fully saturated rings. The molecule has 32 heavy (non-hydrogen) atoms. The molecule has 1 amide bonds. The van der Waals surface area contributed by atoms with E-state index in [0.29, 0.717) is 51.2 Å². The number of anilines is 1. The second kappa shape index (κ2) is 9.33. The molecular weight excluding hydrogens is 444 g/mol.